The third kappa shape index (κ3) is 27.3. The summed E-state index contributed by atoms with van der Waals surface area (Å²) >= 11 is 1.06. The fourth-order valence-corrected chi connectivity index (χ4v) is 12.4. The topological polar surface area (TPSA) is 145 Å². The van der Waals surface area contributed by atoms with Crippen LogP contribution in [0.3, 0.4) is 0 Å². The molecule has 0 saturated carbocycles. The molecule has 0 radical (unpaired) electrons. The minimum Gasteiger partial charge on any atom is -0.366 e. The predicted octanol–water partition coefficient (Wildman–Crippen LogP) is 23.9. The van der Waals surface area contributed by atoms with Crippen LogP contribution in [0.5, 0.6) is 0 Å². The Morgan fingerprint density at radius 2 is 0.605 bits per heavy atom. The van der Waals surface area contributed by atoms with Crippen LogP contribution in [0.15, 0.2) is 401 Å². The Morgan fingerprint density at radius 1 is 0.311 bits per heavy atom. The smallest absolute Gasteiger partial charge is 0.366 e. The average molecular weight is 2430 g/mol. The van der Waals surface area contributed by atoms with Crippen molar-refractivity contribution in [3.63, 3.8) is 0 Å². The molecule has 10 aromatic heterocycles. The second-order valence-electron chi connectivity index (χ2n) is 24.7. The van der Waals surface area contributed by atoms with Crippen molar-refractivity contribution in [2.24, 2.45) is 0 Å². The summed E-state index contributed by atoms with van der Waals surface area (Å²) in [6.45, 7) is 0. The summed E-state index contributed by atoms with van der Waals surface area (Å²) in [7, 11) is 24.6. The molecule has 119 heavy (non-hydrogen) atoms. The Labute approximate surface area is 799 Å². The molecular weight excluding hydrogens is 2360 g/mol. The van der Waals surface area contributed by atoms with E-state index in [0.717, 1.165) is 130 Å². The molecule has 0 aliphatic carbocycles. The number of hydrogen-bond donors (Lipinski definition) is 0. The molecule has 0 atom stereocenters. The molecule has 1 aliphatic rings. The van der Waals surface area contributed by atoms with Crippen molar-refractivity contribution < 1.29 is 72.8 Å². The molecule has 0 fully saturated rings. The summed E-state index contributed by atoms with van der Waals surface area (Å²) in [4.78, 5) is 43.8. The second kappa shape index (κ2) is 50.3. The maximum absolute atomic E-state index is 5.01. The molecule has 0 saturated heterocycles. The standard InChI is InChI=1S/C14H10N2.2C13H8N3.2C11H9N.3C11H8N.5ClH.2K.4Pt/c1-3-7-12-10(5-1)9-14-15-11-6-2-4-8-13(11)16(12)14;2*1-3-7-11-9(5-1)14-13-15-10-6-2-4-8-12(10)16(11)13;5*1-2-6-10(7-3-1)11-8-4-5-9-12-11;;;;;;;;;;;/h1-8H,9H2;2*1-8H;2*1-9H;3*1-6,8-9H;5*1H;;;;;;/q;2*-1;;;3*-1;;;;;;;;3*+2;+4/p-5. The van der Waals surface area contributed by atoms with Gasteiger partial charge < -0.3 is 43.7 Å². The van der Waals surface area contributed by atoms with E-state index in [1.165, 1.54) is 79.9 Å². The summed E-state index contributed by atoms with van der Waals surface area (Å²) in [5, 5.41) is 0. The Balaban J connectivity index is 0.000000141. The van der Waals surface area contributed by atoms with Crippen LogP contribution in [0, 0.1) is 18.2 Å². The molecule has 24 heteroatoms. The first-order valence-corrected chi connectivity index (χ1v) is 67.0. The van der Waals surface area contributed by atoms with Gasteiger partial charge in [-0.25, -0.2) is 4.98 Å². The molecule has 0 N–H and O–H groups in total. The number of aromatic nitrogens is 13. The van der Waals surface area contributed by atoms with Crippen LogP contribution in [0.4, 0.5) is 0 Å². The van der Waals surface area contributed by atoms with Crippen LogP contribution < -0.4 is 9.97 Å². The van der Waals surface area contributed by atoms with E-state index in [4.69, 9.17) is 37.7 Å². The van der Waals surface area contributed by atoms with Gasteiger partial charge in [0.05, 0.1) is 28.1 Å². The number of para-hydroxylation sites is 11. The number of fused-ring (bicyclic) bond motifs is 15. The van der Waals surface area contributed by atoms with Crippen LogP contribution in [0.25, 0.3) is 129 Å². The van der Waals surface area contributed by atoms with Crippen LogP contribution in [-0.2, 0) is 79.2 Å². The molecule has 11 aromatic carbocycles. The van der Waals surface area contributed by atoms with Crippen molar-refractivity contribution in [1.82, 2.24) is 63.2 Å². The molecule has 0 amide bonds. The van der Waals surface area contributed by atoms with Gasteiger partial charge in [-0.3, -0.25) is 14.5 Å². The Morgan fingerprint density at radius 3 is 0.958 bits per heavy atom. The van der Waals surface area contributed by atoms with Gasteiger partial charge in [-0.05, 0) is 83.3 Å². The van der Waals surface area contributed by atoms with Gasteiger partial charge in [0, 0.05) is 104 Å². The summed E-state index contributed by atoms with van der Waals surface area (Å²) in [6.07, 6.45) is 9.93. The van der Waals surface area contributed by atoms with Gasteiger partial charge in [-0.2, -0.15) is 0 Å². The van der Waals surface area contributed by atoms with E-state index in [0.29, 0.717) is 0 Å². The molecule has 0 bridgehead atoms. The van der Waals surface area contributed by atoms with Gasteiger partial charge >= 0.3 is 183 Å². The summed E-state index contributed by atoms with van der Waals surface area (Å²) in [5.74, 6) is 2.72. The third-order valence-electron chi connectivity index (χ3n) is 17.4. The number of pyridine rings is 5. The zero-order valence-electron chi connectivity index (χ0n) is 63.8. The summed E-state index contributed by atoms with van der Waals surface area (Å²) in [5.41, 5.74) is 23.8. The average Bonchev–Trinajstić information content (AvgIpc) is 1.61. The van der Waals surface area contributed by atoms with E-state index in [1.807, 2.05) is 291 Å². The van der Waals surface area contributed by atoms with E-state index in [-0.39, 0.29) is 42.1 Å². The van der Waals surface area contributed by atoms with Gasteiger partial charge in [0.15, 0.2) is 0 Å². The largest absolute Gasteiger partial charge is 2.00 e. The Hall–Kier alpha value is -7.34. The zero-order chi connectivity index (χ0) is 81.2. The fourth-order valence-electron chi connectivity index (χ4n) is 12.4. The molecule has 22 rings (SSSR count). The Bertz CT molecular complexity index is 5580. The fraction of sp³-hybridized carbons (Fsp3) is 0.0105. The van der Waals surface area contributed by atoms with E-state index in [2.05, 4.69) is 182 Å². The molecule has 1 aliphatic heterocycles. The maximum Gasteiger partial charge on any atom is 2.00 e. The van der Waals surface area contributed by atoms with E-state index in [9.17, 15) is 0 Å². The van der Waals surface area contributed by atoms with E-state index >= 15 is 0 Å². The van der Waals surface area contributed by atoms with Crippen molar-refractivity contribution >= 4 is 177 Å². The molecule has 11 heterocycles. The Kier molecular flexibility index (Phi) is 39.7. The monoisotopic (exact) mass is 2420 g/mol. The number of rotatable bonds is 5. The number of imidazole rings is 5. The van der Waals surface area contributed by atoms with Crippen LogP contribution in [-0.4, -0.2) is 116 Å². The van der Waals surface area contributed by atoms with Gasteiger partial charge in [0.2, 0.25) is 0 Å². The number of hydrogen-bond acceptors (Lipinski definition) is 8. The summed E-state index contributed by atoms with van der Waals surface area (Å²) < 4.78 is 6.47. The third-order valence-corrected chi connectivity index (χ3v) is 17.4. The van der Waals surface area contributed by atoms with Crippen molar-refractivity contribution in [1.29, 1.82) is 0 Å². The molecular formula is C95H68Cl5K2N13Pt4. The van der Waals surface area contributed by atoms with E-state index < -0.39 is 11.9 Å². The number of benzene rings is 11. The first-order valence-electron chi connectivity index (χ1n) is 36.9. The van der Waals surface area contributed by atoms with Gasteiger partial charge in [-0.15, -0.1) is 108 Å². The zero-order valence-corrected chi connectivity index (χ0v) is 82.9. The van der Waals surface area contributed by atoms with Crippen LogP contribution in [0.2, 0.25) is 0 Å². The van der Waals surface area contributed by atoms with Gasteiger partial charge in [0.25, 0.3) is 0 Å². The summed E-state index contributed by atoms with van der Waals surface area (Å²) in [6, 6.07) is 132. The van der Waals surface area contributed by atoms with Gasteiger partial charge in [-0.1, -0.05) is 237 Å². The number of halogens is 5. The first kappa shape index (κ1) is 93.9. The minimum atomic E-state index is -3.06. The van der Waals surface area contributed by atoms with Crippen LogP contribution >= 0.6 is 47.1 Å². The van der Waals surface area contributed by atoms with Crippen LogP contribution in [0.1, 0.15) is 11.4 Å². The molecule has 13 nitrogen and oxygen atoms in total. The normalized spacial score (nSPS) is 10.5. The minimum absolute atomic E-state index is 0. The van der Waals surface area contributed by atoms with Crippen molar-refractivity contribution in [3.8, 4) is 62.0 Å². The molecule has 0 unspecified atom stereocenters. The molecule has 21 aromatic rings. The van der Waals surface area contributed by atoms with Gasteiger partial charge in [0.1, 0.15) is 5.82 Å². The first-order chi connectivity index (χ1) is 57.6. The maximum atomic E-state index is 5.01. The second-order valence-corrected chi connectivity index (χ2v) is 44.4. The van der Waals surface area contributed by atoms with Crippen molar-refractivity contribution in [2.75, 3.05) is 0 Å². The van der Waals surface area contributed by atoms with Crippen molar-refractivity contribution in [2.45, 2.75) is 6.42 Å². The van der Waals surface area contributed by atoms with Crippen molar-refractivity contribution in [3.05, 3.63) is 431 Å². The number of nitrogens with zero attached hydrogens (tertiary/aromatic N) is 13. The molecule has 590 valence electrons. The van der Waals surface area contributed by atoms with E-state index in [1.54, 1.807) is 37.4 Å². The predicted molar refractivity (Wildman–Crippen MR) is 477 cm³/mol. The molecule has 0 spiro atoms. The quantitative estimate of drug-likeness (QED) is 0.121. The SMILES string of the molecule is [Cl][Pt+].[Cl][Pt]([Cl])([Cl])[Cl].[K][K].[Pt+2].[Pt+2].[c-]1ccccc1-c1ccccn1.[c-]1ccccc1-c1ccccn1.[c-]1ccccc1-c1ccccn1.c1ccc(-c2ccccn2)cc1.c1ccc(-c2ccccn2)cc1.c1ccc2c(c1)Cc1nc3ccccc3n1-2.c1ccc2c(c1)nc1[n-]c3ccccc3n12.c1ccc2c(c1)nc1[n-]c3ccccc3n12.